The van der Waals surface area contributed by atoms with E-state index in [1.807, 2.05) is 0 Å². The largest absolute Gasteiger partial charge is 0.497 e. The van der Waals surface area contributed by atoms with Crippen LogP contribution in [0.4, 0.5) is 13.2 Å². The molecule has 0 aliphatic rings. The molecule has 1 aromatic rings. The number of alkyl halides is 4. The van der Waals surface area contributed by atoms with Gasteiger partial charge in [0.25, 0.3) is 0 Å². The molecule has 0 aliphatic heterocycles. The van der Waals surface area contributed by atoms with Crippen LogP contribution in [0.1, 0.15) is 10.9 Å². The van der Waals surface area contributed by atoms with Gasteiger partial charge in [-0.05, 0) is 18.2 Å². The molecule has 1 atom stereocenters. The molecular formula is C10H10ClF3O2. The Kier molecular flexibility index (Phi) is 3.91. The fourth-order valence-electron chi connectivity index (χ4n) is 1.21. The van der Waals surface area contributed by atoms with Crippen molar-refractivity contribution in [1.29, 1.82) is 0 Å². The van der Waals surface area contributed by atoms with Crippen molar-refractivity contribution in [3.8, 4) is 11.5 Å². The summed E-state index contributed by atoms with van der Waals surface area (Å²) in [5, 5.41) is -2.11. The van der Waals surface area contributed by atoms with Crippen LogP contribution in [-0.2, 0) is 0 Å². The normalized spacial score (nSPS) is 13.4. The van der Waals surface area contributed by atoms with Crippen LogP contribution in [0.2, 0.25) is 0 Å². The highest BCUT2D eigenvalue weighted by atomic mass is 35.5. The van der Waals surface area contributed by atoms with Crippen molar-refractivity contribution < 1.29 is 22.6 Å². The summed E-state index contributed by atoms with van der Waals surface area (Å²) < 4.78 is 47.0. The van der Waals surface area contributed by atoms with E-state index < -0.39 is 11.6 Å². The van der Waals surface area contributed by atoms with E-state index in [0.29, 0.717) is 5.75 Å². The summed E-state index contributed by atoms with van der Waals surface area (Å²) in [4.78, 5) is 0. The molecule has 0 saturated heterocycles. The lowest BCUT2D eigenvalue weighted by Crippen LogP contribution is -2.16. The lowest BCUT2D eigenvalue weighted by atomic mass is 10.1. The first kappa shape index (κ1) is 13.0. The highest BCUT2D eigenvalue weighted by Crippen LogP contribution is 2.43. The number of benzene rings is 1. The molecule has 90 valence electrons. The average molecular weight is 255 g/mol. The molecule has 0 heterocycles. The first-order valence-electron chi connectivity index (χ1n) is 4.33. The minimum absolute atomic E-state index is 0.0816. The number of halogens is 4. The maximum Gasteiger partial charge on any atom is 0.409 e. The molecule has 0 fully saturated rings. The average Bonchev–Trinajstić information content (AvgIpc) is 2.25. The van der Waals surface area contributed by atoms with Gasteiger partial charge in [0.15, 0.2) is 5.38 Å². The van der Waals surface area contributed by atoms with Crippen molar-refractivity contribution in [1.82, 2.24) is 0 Å². The molecule has 0 spiro atoms. The molecule has 0 amide bonds. The van der Waals surface area contributed by atoms with E-state index in [1.54, 1.807) is 0 Å². The summed E-state index contributed by atoms with van der Waals surface area (Å²) in [6, 6.07) is 4.10. The number of ether oxygens (including phenoxy) is 2. The second kappa shape index (κ2) is 4.82. The molecule has 1 rings (SSSR count). The maximum atomic E-state index is 12.5. The molecule has 0 saturated carbocycles. The molecule has 0 bridgehead atoms. The van der Waals surface area contributed by atoms with Crippen molar-refractivity contribution in [3.63, 3.8) is 0 Å². The zero-order chi connectivity index (χ0) is 12.3. The van der Waals surface area contributed by atoms with E-state index in [2.05, 4.69) is 0 Å². The molecule has 1 unspecified atom stereocenters. The summed E-state index contributed by atoms with van der Waals surface area (Å²) in [7, 11) is 2.65. The highest BCUT2D eigenvalue weighted by molar-refractivity contribution is 6.21. The Bertz CT molecular complexity index is 366. The van der Waals surface area contributed by atoms with Crippen LogP contribution in [0.5, 0.6) is 11.5 Å². The Labute approximate surface area is 95.9 Å². The number of methoxy groups -OCH3 is 2. The van der Waals surface area contributed by atoms with Crippen molar-refractivity contribution in [3.05, 3.63) is 23.8 Å². The Morgan fingerprint density at radius 1 is 1.19 bits per heavy atom. The van der Waals surface area contributed by atoms with Crippen molar-refractivity contribution in [2.75, 3.05) is 14.2 Å². The van der Waals surface area contributed by atoms with Crippen molar-refractivity contribution in [2.45, 2.75) is 11.6 Å². The van der Waals surface area contributed by atoms with E-state index >= 15 is 0 Å². The quantitative estimate of drug-likeness (QED) is 0.768. The Morgan fingerprint density at radius 2 is 1.81 bits per heavy atom. The van der Waals surface area contributed by atoms with Gasteiger partial charge >= 0.3 is 6.18 Å². The molecule has 0 aromatic heterocycles. The summed E-state index contributed by atoms with van der Waals surface area (Å²) >= 11 is 5.33. The summed E-state index contributed by atoms with van der Waals surface area (Å²) in [6.45, 7) is 0. The second-order valence-corrected chi connectivity index (χ2v) is 3.45. The molecular weight excluding hydrogens is 245 g/mol. The maximum absolute atomic E-state index is 12.5. The third kappa shape index (κ3) is 2.72. The third-order valence-electron chi connectivity index (χ3n) is 2.00. The predicted molar refractivity (Wildman–Crippen MR) is 54.2 cm³/mol. The molecule has 6 heteroatoms. The summed E-state index contributed by atoms with van der Waals surface area (Å²) in [5.41, 5.74) is -0.156. The van der Waals surface area contributed by atoms with Gasteiger partial charge in [0, 0.05) is 5.56 Å². The molecule has 2 nitrogen and oxygen atoms in total. The number of rotatable bonds is 3. The van der Waals surface area contributed by atoms with Gasteiger partial charge in [0.05, 0.1) is 14.2 Å². The van der Waals surface area contributed by atoms with Crippen LogP contribution in [0.3, 0.4) is 0 Å². The Hall–Kier alpha value is -1.10. The zero-order valence-electron chi connectivity index (χ0n) is 8.64. The lowest BCUT2D eigenvalue weighted by Gasteiger charge is -2.17. The predicted octanol–water partition coefficient (Wildman–Crippen LogP) is 3.55. The third-order valence-corrected chi connectivity index (χ3v) is 2.48. The smallest absolute Gasteiger partial charge is 0.409 e. The van der Waals surface area contributed by atoms with E-state index in [0.717, 1.165) is 0 Å². The molecule has 0 radical (unpaired) electrons. The Morgan fingerprint density at radius 3 is 2.25 bits per heavy atom. The van der Waals surface area contributed by atoms with Crippen LogP contribution in [-0.4, -0.2) is 20.4 Å². The van der Waals surface area contributed by atoms with E-state index in [4.69, 9.17) is 21.1 Å². The van der Waals surface area contributed by atoms with Crippen LogP contribution in [0.15, 0.2) is 18.2 Å². The molecule has 0 N–H and O–H groups in total. The van der Waals surface area contributed by atoms with Gasteiger partial charge in [-0.15, -0.1) is 11.6 Å². The van der Waals surface area contributed by atoms with Crippen LogP contribution in [0, 0.1) is 0 Å². The summed E-state index contributed by atoms with van der Waals surface area (Å²) in [6.07, 6.45) is -4.53. The van der Waals surface area contributed by atoms with Crippen molar-refractivity contribution in [2.24, 2.45) is 0 Å². The first-order chi connectivity index (χ1) is 7.40. The van der Waals surface area contributed by atoms with Crippen molar-refractivity contribution >= 4 is 11.6 Å². The minimum Gasteiger partial charge on any atom is -0.497 e. The molecule has 0 aliphatic carbocycles. The van der Waals surface area contributed by atoms with Gasteiger partial charge in [-0.25, -0.2) is 0 Å². The van der Waals surface area contributed by atoms with E-state index in [-0.39, 0.29) is 11.3 Å². The Balaban J connectivity index is 3.18. The first-order valence-corrected chi connectivity index (χ1v) is 4.76. The number of hydrogen-bond donors (Lipinski definition) is 0. The molecule has 1 aromatic carbocycles. The van der Waals surface area contributed by atoms with Gasteiger partial charge in [-0.2, -0.15) is 13.2 Å². The fourth-order valence-corrected chi connectivity index (χ4v) is 1.38. The van der Waals surface area contributed by atoms with E-state index in [9.17, 15) is 13.2 Å². The van der Waals surface area contributed by atoms with Crippen LogP contribution >= 0.6 is 11.6 Å². The zero-order valence-corrected chi connectivity index (χ0v) is 9.39. The van der Waals surface area contributed by atoms with Gasteiger partial charge in [0.2, 0.25) is 0 Å². The monoisotopic (exact) mass is 254 g/mol. The van der Waals surface area contributed by atoms with Crippen LogP contribution in [0.25, 0.3) is 0 Å². The van der Waals surface area contributed by atoms with E-state index in [1.165, 1.54) is 32.4 Å². The SMILES string of the molecule is COc1ccc(OC)c(C(Cl)C(F)(F)F)c1. The summed E-state index contributed by atoms with van der Waals surface area (Å²) in [5.74, 6) is 0.379. The van der Waals surface area contributed by atoms with Gasteiger partial charge in [0.1, 0.15) is 11.5 Å². The molecule has 16 heavy (non-hydrogen) atoms. The highest BCUT2D eigenvalue weighted by Gasteiger charge is 2.41. The topological polar surface area (TPSA) is 18.5 Å². The van der Waals surface area contributed by atoms with Gasteiger partial charge in [-0.3, -0.25) is 0 Å². The van der Waals surface area contributed by atoms with Gasteiger partial charge in [-0.1, -0.05) is 0 Å². The second-order valence-electron chi connectivity index (χ2n) is 3.01. The van der Waals surface area contributed by atoms with Crippen LogP contribution < -0.4 is 9.47 Å². The number of hydrogen-bond acceptors (Lipinski definition) is 2. The lowest BCUT2D eigenvalue weighted by molar-refractivity contribution is -0.132. The standard InChI is InChI=1S/C10H10ClF3O2/c1-15-6-3-4-8(16-2)7(5-6)9(11)10(12,13)14/h3-5,9H,1-2H3. The van der Waals surface area contributed by atoms with Gasteiger partial charge < -0.3 is 9.47 Å². The fraction of sp³-hybridized carbons (Fsp3) is 0.400. The minimum atomic E-state index is -4.53.